The van der Waals surface area contributed by atoms with Gasteiger partial charge in [0, 0.05) is 11.8 Å². The predicted molar refractivity (Wildman–Crippen MR) is 98.7 cm³/mol. The third-order valence-electron chi connectivity index (χ3n) is 3.98. The van der Waals surface area contributed by atoms with E-state index in [0.717, 1.165) is 23.0 Å². The van der Waals surface area contributed by atoms with Crippen LogP contribution in [0.1, 0.15) is 34.2 Å². The third-order valence-corrected chi connectivity index (χ3v) is 5.85. The smallest absolute Gasteiger partial charge is 0.206 e. The van der Waals surface area contributed by atoms with Gasteiger partial charge < -0.3 is 0 Å². The minimum Gasteiger partial charge on any atom is -0.231 e. The van der Waals surface area contributed by atoms with Crippen LogP contribution in [0.5, 0.6) is 0 Å². The lowest BCUT2D eigenvalue weighted by molar-refractivity contribution is 0.705. The molecule has 5 heteroatoms. The van der Waals surface area contributed by atoms with Crippen molar-refractivity contribution >= 4 is 33.5 Å². The lowest BCUT2D eigenvalue weighted by atomic mass is 10.0. The number of nitrogens with zero attached hydrogens (tertiary/aromatic N) is 3. The topological polar surface area (TPSA) is 28.5 Å². The highest BCUT2D eigenvalue weighted by molar-refractivity contribution is 7.13. The van der Waals surface area contributed by atoms with Crippen LogP contribution in [-0.4, -0.2) is 10.7 Å². The Morgan fingerprint density at radius 2 is 1.91 bits per heavy atom. The van der Waals surface area contributed by atoms with Crippen LogP contribution in [-0.2, 0) is 0 Å². The Labute approximate surface area is 143 Å². The van der Waals surface area contributed by atoms with Gasteiger partial charge in [0.15, 0.2) is 0 Å². The van der Waals surface area contributed by atoms with Crippen molar-refractivity contribution in [3.63, 3.8) is 0 Å². The molecule has 0 radical (unpaired) electrons. The zero-order valence-corrected chi connectivity index (χ0v) is 14.7. The largest absolute Gasteiger partial charge is 0.231 e. The molecule has 0 aliphatic carbocycles. The summed E-state index contributed by atoms with van der Waals surface area (Å²) in [6.45, 7) is 4.15. The Kier molecular flexibility index (Phi) is 3.75. The summed E-state index contributed by atoms with van der Waals surface area (Å²) in [7, 11) is 0. The monoisotopic (exact) mass is 339 g/mol. The van der Waals surface area contributed by atoms with Crippen molar-refractivity contribution in [2.75, 3.05) is 5.01 Å². The van der Waals surface area contributed by atoms with Crippen molar-refractivity contribution in [3.05, 3.63) is 68.9 Å². The molecule has 3 nitrogen and oxygen atoms in total. The summed E-state index contributed by atoms with van der Waals surface area (Å²) in [6, 6.07) is 13.2. The number of hydrogen-bond acceptors (Lipinski definition) is 5. The molecule has 0 saturated carbocycles. The molecule has 0 bridgehead atoms. The second kappa shape index (κ2) is 5.91. The summed E-state index contributed by atoms with van der Waals surface area (Å²) < 4.78 is 0. The van der Waals surface area contributed by atoms with E-state index in [4.69, 9.17) is 5.10 Å². The first kappa shape index (κ1) is 14.6. The molecule has 1 aliphatic rings. The van der Waals surface area contributed by atoms with Gasteiger partial charge in [-0.15, -0.1) is 22.7 Å². The van der Waals surface area contributed by atoms with Crippen molar-refractivity contribution in [1.29, 1.82) is 0 Å². The zero-order valence-electron chi connectivity index (χ0n) is 13.1. The molecule has 23 heavy (non-hydrogen) atoms. The maximum Gasteiger partial charge on any atom is 0.206 e. The first-order valence-electron chi connectivity index (χ1n) is 7.60. The third kappa shape index (κ3) is 2.82. The van der Waals surface area contributed by atoms with Crippen LogP contribution in [0, 0.1) is 13.8 Å². The van der Waals surface area contributed by atoms with Crippen LogP contribution in [0.4, 0.5) is 5.13 Å². The highest BCUT2D eigenvalue weighted by Gasteiger charge is 2.31. The quantitative estimate of drug-likeness (QED) is 0.658. The number of thiazole rings is 1. The van der Waals surface area contributed by atoms with Crippen molar-refractivity contribution in [2.45, 2.75) is 26.3 Å². The maximum absolute atomic E-state index is 4.90. The van der Waals surface area contributed by atoms with E-state index in [0.29, 0.717) is 0 Å². The summed E-state index contributed by atoms with van der Waals surface area (Å²) in [4.78, 5) is 5.89. The predicted octanol–water partition coefficient (Wildman–Crippen LogP) is 5.18. The molecule has 1 atom stereocenters. The van der Waals surface area contributed by atoms with E-state index < -0.39 is 0 Å². The van der Waals surface area contributed by atoms with E-state index >= 15 is 0 Å². The number of aryl methyl sites for hydroxylation is 2. The lowest BCUT2D eigenvalue weighted by Crippen LogP contribution is -2.18. The van der Waals surface area contributed by atoms with Gasteiger partial charge in [0.05, 0.1) is 22.3 Å². The molecule has 0 amide bonds. The van der Waals surface area contributed by atoms with Crippen molar-refractivity contribution in [2.24, 2.45) is 5.10 Å². The van der Waals surface area contributed by atoms with Crippen LogP contribution in [0.25, 0.3) is 0 Å². The fraction of sp³-hybridized carbons (Fsp3) is 0.222. The maximum atomic E-state index is 4.90. The normalized spacial score (nSPS) is 17.6. The minimum absolute atomic E-state index is 0.221. The summed E-state index contributed by atoms with van der Waals surface area (Å²) in [5, 5.41) is 12.2. The number of hydrogen-bond donors (Lipinski definition) is 0. The van der Waals surface area contributed by atoms with E-state index in [1.165, 1.54) is 16.0 Å². The average Bonchev–Trinajstić information content (AvgIpc) is 3.27. The summed E-state index contributed by atoms with van der Waals surface area (Å²) >= 11 is 3.41. The summed E-state index contributed by atoms with van der Waals surface area (Å²) in [5.74, 6) is 0. The molecule has 0 saturated heterocycles. The molecule has 2 aromatic heterocycles. The Morgan fingerprint density at radius 3 is 2.57 bits per heavy atom. The second-order valence-electron chi connectivity index (χ2n) is 5.77. The molecule has 0 unspecified atom stereocenters. The first-order valence-corrected chi connectivity index (χ1v) is 9.36. The fourth-order valence-corrected chi connectivity index (χ4v) is 4.30. The fourth-order valence-electron chi connectivity index (χ4n) is 2.77. The molecule has 1 aliphatic heterocycles. The highest BCUT2D eigenvalue weighted by atomic mass is 32.1. The van der Waals surface area contributed by atoms with Crippen LogP contribution >= 0.6 is 22.7 Å². The van der Waals surface area contributed by atoms with E-state index in [-0.39, 0.29) is 6.04 Å². The van der Waals surface area contributed by atoms with E-state index in [9.17, 15) is 0 Å². The summed E-state index contributed by atoms with van der Waals surface area (Å²) in [6.07, 6.45) is 0.919. The number of hydrazone groups is 1. The van der Waals surface area contributed by atoms with Crippen molar-refractivity contribution in [1.82, 2.24) is 4.98 Å². The second-order valence-corrected chi connectivity index (χ2v) is 7.55. The number of benzene rings is 1. The lowest BCUT2D eigenvalue weighted by Gasteiger charge is -2.21. The molecule has 1 aromatic carbocycles. The molecule has 0 spiro atoms. The Hall–Kier alpha value is -1.98. The summed E-state index contributed by atoms with van der Waals surface area (Å²) in [5.41, 5.74) is 4.77. The number of aromatic nitrogens is 1. The molecule has 3 heterocycles. The Morgan fingerprint density at radius 1 is 1.09 bits per heavy atom. The number of rotatable bonds is 3. The molecule has 4 rings (SSSR count). The molecular weight excluding hydrogens is 322 g/mol. The van der Waals surface area contributed by atoms with Crippen LogP contribution < -0.4 is 5.01 Å². The van der Waals surface area contributed by atoms with Gasteiger partial charge in [-0.25, -0.2) is 9.99 Å². The first-order chi connectivity index (χ1) is 11.2. The van der Waals surface area contributed by atoms with Gasteiger partial charge in [-0.3, -0.25) is 0 Å². The number of thiophene rings is 1. The SMILES string of the molecule is Cc1ccc([C@@H]2CC(c3cccs3)=NN2c2nc(C)cs2)cc1. The van der Waals surface area contributed by atoms with Gasteiger partial charge in [0.25, 0.3) is 0 Å². The van der Waals surface area contributed by atoms with Crippen LogP contribution in [0.3, 0.4) is 0 Å². The van der Waals surface area contributed by atoms with E-state index in [1.54, 1.807) is 22.7 Å². The standard InChI is InChI=1S/C18H17N3S2/c1-12-5-7-14(8-6-12)16-10-15(17-4-3-9-22-17)20-21(16)18-19-13(2)11-23-18/h3-9,11,16H,10H2,1-2H3/t16-/m0/s1. The van der Waals surface area contributed by atoms with Crippen LogP contribution in [0.15, 0.2) is 52.3 Å². The van der Waals surface area contributed by atoms with Gasteiger partial charge in [-0.1, -0.05) is 35.9 Å². The van der Waals surface area contributed by atoms with E-state index in [2.05, 4.69) is 64.1 Å². The minimum atomic E-state index is 0.221. The van der Waals surface area contributed by atoms with Gasteiger partial charge in [-0.05, 0) is 30.9 Å². The van der Waals surface area contributed by atoms with Crippen molar-refractivity contribution in [3.8, 4) is 0 Å². The molecule has 0 fully saturated rings. The zero-order chi connectivity index (χ0) is 15.8. The van der Waals surface area contributed by atoms with Crippen molar-refractivity contribution < 1.29 is 0 Å². The van der Waals surface area contributed by atoms with Gasteiger partial charge in [-0.2, -0.15) is 5.10 Å². The molecule has 116 valence electrons. The highest BCUT2D eigenvalue weighted by Crippen LogP contribution is 2.38. The molecule has 3 aromatic rings. The Bertz CT molecular complexity index is 832. The van der Waals surface area contributed by atoms with E-state index in [1.807, 2.05) is 6.92 Å². The molecule has 0 N–H and O–H groups in total. The number of anilines is 1. The van der Waals surface area contributed by atoms with Crippen LogP contribution in [0.2, 0.25) is 0 Å². The van der Waals surface area contributed by atoms with Gasteiger partial charge in [0.1, 0.15) is 0 Å². The molecular formula is C18H17N3S2. The van der Waals surface area contributed by atoms with Gasteiger partial charge in [0.2, 0.25) is 5.13 Å². The average molecular weight is 339 g/mol. The Balaban J connectivity index is 1.74. The van der Waals surface area contributed by atoms with Gasteiger partial charge >= 0.3 is 0 Å².